The first-order valence-corrected chi connectivity index (χ1v) is 9.13. The summed E-state index contributed by atoms with van der Waals surface area (Å²) in [5.74, 6) is 0.0301. The molecule has 0 radical (unpaired) electrons. The fourth-order valence-corrected chi connectivity index (χ4v) is 3.73. The van der Waals surface area contributed by atoms with Gasteiger partial charge in [-0.1, -0.05) is 47.7 Å². The molecular weight excluding hydrogens is 338 g/mol. The number of nitrogens with zero attached hydrogens (tertiary/aromatic N) is 4. The van der Waals surface area contributed by atoms with E-state index < -0.39 is 0 Å². The molecule has 1 saturated heterocycles. The van der Waals surface area contributed by atoms with Crippen LogP contribution in [-0.4, -0.2) is 44.9 Å². The third kappa shape index (κ3) is 3.24. The van der Waals surface area contributed by atoms with Crippen LogP contribution in [0.4, 0.5) is 0 Å². The van der Waals surface area contributed by atoms with Crippen LogP contribution in [0.15, 0.2) is 54.6 Å². The first-order valence-electron chi connectivity index (χ1n) is 9.13. The quantitative estimate of drug-likeness (QED) is 0.777. The van der Waals surface area contributed by atoms with Gasteiger partial charge in [0.1, 0.15) is 0 Å². The highest BCUT2D eigenvalue weighted by molar-refractivity contribution is 5.93. The standard InChI is InChI=1S/C21H23N5O/c1-14-7-6-10-17(11-14)26-15(2)20(23-24-26)21(27)25-12-18(19(22)13-25)16-8-4-3-5-9-16/h3-11,18-19H,12-13,22H2,1-2H3/t18-,19+/m0/s1. The SMILES string of the molecule is Cc1cccc(-n2nnc(C(=O)N3C[C@@H](N)[C@H](c4ccccc4)C3)c2C)c1. The van der Waals surface area contributed by atoms with E-state index in [-0.39, 0.29) is 17.9 Å². The zero-order valence-electron chi connectivity index (χ0n) is 15.5. The summed E-state index contributed by atoms with van der Waals surface area (Å²) in [6, 6.07) is 18.0. The summed E-state index contributed by atoms with van der Waals surface area (Å²) in [6.45, 7) is 5.02. The summed E-state index contributed by atoms with van der Waals surface area (Å²) < 4.78 is 1.71. The predicted octanol–water partition coefficient (Wildman–Crippen LogP) is 2.45. The molecule has 6 heteroatoms. The second-order valence-corrected chi connectivity index (χ2v) is 7.17. The van der Waals surface area contributed by atoms with Crippen molar-refractivity contribution in [2.75, 3.05) is 13.1 Å². The number of amides is 1. The molecule has 2 aromatic carbocycles. The van der Waals surface area contributed by atoms with Crippen molar-refractivity contribution in [3.05, 3.63) is 77.1 Å². The first kappa shape index (κ1) is 17.4. The minimum Gasteiger partial charge on any atom is -0.335 e. The predicted molar refractivity (Wildman–Crippen MR) is 104 cm³/mol. The highest BCUT2D eigenvalue weighted by atomic mass is 16.2. The molecule has 2 atom stereocenters. The molecule has 27 heavy (non-hydrogen) atoms. The van der Waals surface area contributed by atoms with Crippen molar-refractivity contribution < 1.29 is 4.79 Å². The summed E-state index contributed by atoms with van der Waals surface area (Å²) in [5, 5.41) is 8.37. The van der Waals surface area contributed by atoms with Gasteiger partial charge in [0.05, 0.1) is 11.4 Å². The van der Waals surface area contributed by atoms with E-state index in [4.69, 9.17) is 5.73 Å². The summed E-state index contributed by atoms with van der Waals surface area (Å²) >= 11 is 0. The topological polar surface area (TPSA) is 77.0 Å². The number of carbonyl (C=O) groups is 1. The molecule has 0 bridgehead atoms. The molecule has 0 spiro atoms. The molecule has 1 amide bonds. The average molecular weight is 361 g/mol. The minimum atomic E-state index is -0.111. The van der Waals surface area contributed by atoms with Crippen LogP contribution in [0.1, 0.15) is 33.2 Å². The van der Waals surface area contributed by atoms with E-state index in [0.29, 0.717) is 18.8 Å². The van der Waals surface area contributed by atoms with Crippen LogP contribution in [0.5, 0.6) is 0 Å². The second-order valence-electron chi connectivity index (χ2n) is 7.17. The van der Waals surface area contributed by atoms with Gasteiger partial charge >= 0.3 is 0 Å². The molecule has 1 aliphatic rings. The van der Waals surface area contributed by atoms with Crippen molar-refractivity contribution in [2.45, 2.75) is 25.8 Å². The Balaban J connectivity index is 1.57. The maximum Gasteiger partial charge on any atom is 0.276 e. The lowest BCUT2D eigenvalue weighted by Crippen LogP contribution is -2.32. The monoisotopic (exact) mass is 361 g/mol. The van der Waals surface area contributed by atoms with Gasteiger partial charge in [-0.25, -0.2) is 4.68 Å². The van der Waals surface area contributed by atoms with Gasteiger partial charge in [0, 0.05) is 25.0 Å². The van der Waals surface area contributed by atoms with E-state index in [1.165, 1.54) is 5.56 Å². The van der Waals surface area contributed by atoms with Crippen LogP contribution >= 0.6 is 0 Å². The highest BCUT2D eigenvalue weighted by Crippen LogP contribution is 2.27. The molecule has 2 heterocycles. The lowest BCUT2D eigenvalue weighted by Gasteiger charge is -2.15. The molecule has 1 fully saturated rings. The molecule has 0 saturated carbocycles. The lowest BCUT2D eigenvalue weighted by molar-refractivity contribution is 0.0782. The van der Waals surface area contributed by atoms with Crippen molar-refractivity contribution in [1.29, 1.82) is 0 Å². The Kier molecular flexibility index (Phi) is 4.49. The smallest absolute Gasteiger partial charge is 0.276 e. The van der Waals surface area contributed by atoms with Gasteiger partial charge in [0.2, 0.25) is 0 Å². The number of nitrogens with two attached hydrogens (primary N) is 1. The molecule has 3 aromatic rings. The first-order chi connectivity index (χ1) is 13.0. The number of likely N-dealkylation sites (tertiary alicyclic amines) is 1. The molecule has 138 valence electrons. The van der Waals surface area contributed by atoms with Gasteiger partial charge in [0.15, 0.2) is 5.69 Å². The Labute approximate surface area is 158 Å². The third-order valence-electron chi connectivity index (χ3n) is 5.22. The van der Waals surface area contributed by atoms with Crippen LogP contribution in [0.3, 0.4) is 0 Å². The van der Waals surface area contributed by atoms with Crippen molar-refractivity contribution in [1.82, 2.24) is 19.9 Å². The second kappa shape index (κ2) is 6.96. The normalized spacial score (nSPS) is 19.4. The number of aromatic nitrogens is 3. The number of rotatable bonds is 3. The summed E-state index contributed by atoms with van der Waals surface area (Å²) in [4.78, 5) is 14.8. The van der Waals surface area contributed by atoms with Crippen molar-refractivity contribution in [3.8, 4) is 5.69 Å². The van der Waals surface area contributed by atoms with Crippen molar-refractivity contribution in [2.24, 2.45) is 5.73 Å². The van der Waals surface area contributed by atoms with Gasteiger partial charge in [-0.15, -0.1) is 5.10 Å². The van der Waals surface area contributed by atoms with Gasteiger partial charge in [-0.05, 0) is 37.1 Å². The van der Waals surface area contributed by atoms with Gasteiger partial charge in [0.25, 0.3) is 5.91 Å². The van der Waals surface area contributed by atoms with E-state index in [9.17, 15) is 4.79 Å². The Morgan fingerprint density at radius 2 is 1.85 bits per heavy atom. The van der Waals surface area contributed by atoms with Gasteiger partial charge in [-0.2, -0.15) is 0 Å². The summed E-state index contributed by atoms with van der Waals surface area (Å²) in [5.41, 5.74) is 10.7. The maximum absolute atomic E-state index is 13.1. The molecular formula is C21H23N5O. The largest absolute Gasteiger partial charge is 0.335 e. The van der Waals surface area contributed by atoms with E-state index in [1.807, 2.05) is 56.3 Å². The molecule has 0 aliphatic carbocycles. The van der Waals surface area contributed by atoms with E-state index in [0.717, 1.165) is 16.9 Å². The molecule has 1 aromatic heterocycles. The highest BCUT2D eigenvalue weighted by Gasteiger charge is 2.35. The number of hydrogen-bond acceptors (Lipinski definition) is 4. The maximum atomic E-state index is 13.1. The number of aryl methyl sites for hydroxylation is 1. The Bertz CT molecular complexity index is 966. The lowest BCUT2D eigenvalue weighted by atomic mass is 9.95. The van der Waals surface area contributed by atoms with E-state index in [2.05, 4.69) is 22.4 Å². The Hall–Kier alpha value is -2.99. The minimum absolute atomic E-state index is 0.0801. The van der Waals surface area contributed by atoms with E-state index >= 15 is 0 Å². The third-order valence-corrected chi connectivity index (χ3v) is 5.22. The zero-order chi connectivity index (χ0) is 19.0. The molecule has 1 aliphatic heterocycles. The molecule has 0 unspecified atom stereocenters. The summed E-state index contributed by atoms with van der Waals surface area (Å²) in [6.07, 6.45) is 0. The fourth-order valence-electron chi connectivity index (χ4n) is 3.73. The van der Waals surface area contributed by atoms with E-state index in [1.54, 1.807) is 9.58 Å². The summed E-state index contributed by atoms with van der Waals surface area (Å²) in [7, 11) is 0. The number of benzene rings is 2. The number of carbonyl (C=O) groups excluding carboxylic acids is 1. The Morgan fingerprint density at radius 1 is 1.07 bits per heavy atom. The van der Waals surface area contributed by atoms with Crippen molar-refractivity contribution >= 4 is 5.91 Å². The molecule has 2 N–H and O–H groups in total. The van der Waals surface area contributed by atoms with Crippen molar-refractivity contribution in [3.63, 3.8) is 0 Å². The fraction of sp³-hybridized carbons (Fsp3) is 0.286. The van der Waals surface area contributed by atoms with Crippen LogP contribution in [0.2, 0.25) is 0 Å². The van der Waals surface area contributed by atoms with Gasteiger partial charge in [-0.3, -0.25) is 4.79 Å². The van der Waals surface area contributed by atoms with Crippen LogP contribution in [0.25, 0.3) is 5.69 Å². The van der Waals surface area contributed by atoms with Crippen LogP contribution in [0, 0.1) is 13.8 Å². The zero-order valence-corrected chi connectivity index (χ0v) is 15.5. The average Bonchev–Trinajstić information content (AvgIpc) is 3.25. The molecule has 4 rings (SSSR count). The van der Waals surface area contributed by atoms with Crippen LogP contribution in [-0.2, 0) is 0 Å². The number of hydrogen-bond donors (Lipinski definition) is 1. The Morgan fingerprint density at radius 3 is 2.59 bits per heavy atom. The van der Waals surface area contributed by atoms with Crippen LogP contribution < -0.4 is 5.73 Å². The van der Waals surface area contributed by atoms with Gasteiger partial charge < -0.3 is 10.6 Å². The molecule has 6 nitrogen and oxygen atoms in total.